The Labute approximate surface area is 251 Å². The fourth-order valence-electron chi connectivity index (χ4n) is 4.42. The molecule has 1 aliphatic heterocycles. The first-order valence-corrected chi connectivity index (χ1v) is 16.1. The summed E-state index contributed by atoms with van der Waals surface area (Å²) in [5.41, 5.74) is 7.10. The van der Waals surface area contributed by atoms with E-state index < -0.39 is 42.0 Å². The zero-order valence-corrected chi connectivity index (χ0v) is 24.7. The number of carbonyl (C=O) groups is 1. The quantitative estimate of drug-likeness (QED) is 0.177. The predicted molar refractivity (Wildman–Crippen MR) is 150 cm³/mol. The van der Waals surface area contributed by atoms with Gasteiger partial charge in [-0.15, -0.1) is 10.2 Å². The Kier molecular flexibility index (Phi) is 9.53. The number of alkyl halides is 3. The molecule has 0 amide bonds. The van der Waals surface area contributed by atoms with Gasteiger partial charge in [0.15, 0.2) is 5.13 Å². The normalized spacial score (nSPS) is 15.2. The lowest BCUT2D eigenvalue weighted by molar-refractivity contribution is -0.192. The summed E-state index contributed by atoms with van der Waals surface area (Å²) in [7, 11) is -8.92. The third kappa shape index (κ3) is 6.95. The first-order valence-electron chi connectivity index (χ1n) is 12.3. The van der Waals surface area contributed by atoms with E-state index in [0.717, 1.165) is 4.70 Å². The van der Waals surface area contributed by atoms with Crippen LogP contribution in [0.2, 0.25) is 0 Å². The summed E-state index contributed by atoms with van der Waals surface area (Å²) in [6.45, 7) is 1.36. The highest BCUT2D eigenvalue weighted by Gasteiger charge is 2.38. The number of aliphatic carboxylic acids is 1. The number of rotatable bonds is 7. The maximum atomic E-state index is 13.8. The van der Waals surface area contributed by atoms with Gasteiger partial charge in [-0.05, 0) is 22.9 Å². The van der Waals surface area contributed by atoms with Crippen LogP contribution in [0.5, 0.6) is 0 Å². The summed E-state index contributed by atoms with van der Waals surface area (Å²) < 4.78 is 87.2. The van der Waals surface area contributed by atoms with Crippen LogP contribution in [0, 0.1) is 0 Å². The van der Waals surface area contributed by atoms with E-state index in [9.17, 15) is 35.1 Å². The topological polar surface area (TPSA) is 252 Å². The van der Waals surface area contributed by atoms with Gasteiger partial charge in [-0.3, -0.25) is 4.90 Å². The molecule has 1 aliphatic rings. The highest BCUT2D eigenvalue weighted by atomic mass is 32.2. The lowest BCUT2D eigenvalue weighted by Gasteiger charge is -2.34. The summed E-state index contributed by atoms with van der Waals surface area (Å²) >= 11 is 1.26. The number of H-pyrrole nitrogens is 1. The van der Waals surface area contributed by atoms with E-state index in [0.29, 0.717) is 41.4 Å². The molecule has 0 bridgehead atoms. The number of benzene rings is 2. The number of carboxylic acid groups (broad SMARTS) is 1. The SMILES string of the molecule is Nc1nc2c(-c3ccc(S(=O)(=O)N4CCN(CCO)CC4)c(S(N)(=O)=O)c3-c3nn[nH]n3)cccc2s1.O=C(O)C(F)(F)F. The smallest absolute Gasteiger partial charge is 0.475 e. The number of nitrogens with one attached hydrogen (secondary N) is 1. The van der Waals surface area contributed by atoms with Crippen molar-refractivity contribution in [2.75, 3.05) is 45.1 Å². The molecule has 7 N–H and O–H groups in total. The van der Waals surface area contributed by atoms with Gasteiger partial charge in [0.2, 0.25) is 25.9 Å². The molecule has 2 aromatic carbocycles. The number of aromatic nitrogens is 5. The van der Waals surface area contributed by atoms with Gasteiger partial charge in [0, 0.05) is 38.3 Å². The number of thiazole rings is 1. The van der Waals surface area contributed by atoms with E-state index >= 15 is 0 Å². The number of nitrogen functional groups attached to an aromatic ring is 1. The molecule has 44 heavy (non-hydrogen) atoms. The molecule has 5 rings (SSSR count). The number of sulfonamides is 2. The van der Waals surface area contributed by atoms with Gasteiger partial charge in [0.25, 0.3) is 0 Å². The number of tetrazole rings is 1. The molecule has 4 aromatic rings. The Bertz CT molecular complexity index is 1880. The molecule has 0 radical (unpaired) electrons. The van der Waals surface area contributed by atoms with Crippen molar-refractivity contribution in [1.29, 1.82) is 0 Å². The fraction of sp³-hybridized carbons (Fsp3) is 0.318. The zero-order valence-electron chi connectivity index (χ0n) is 22.3. The standard InChI is InChI=1S/C20H23N9O5S3.C2HF3O2/c21-20-23-17-13(2-1-3-14(17)35-20)12-4-5-15(18(36(22,31)32)16(12)19-24-26-27-25-19)37(33,34)29-8-6-28(7-9-29)10-11-30;3-2(4,5)1(6)7/h1-5,30H,6-11H2,(H2,21,23)(H2,22,31,32)(H,24,25,26,27);(H,6,7). The average molecular weight is 680 g/mol. The number of nitrogens with zero attached hydrogens (tertiary/aromatic N) is 6. The van der Waals surface area contributed by atoms with Crippen LogP contribution in [-0.4, -0.2) is 113 Å². The van der Waals surface area contributed by atoms with Gasteiger partial charge in [0.05, 0.1) is 22.4 Å². The molecule has 1 saturated heterocycles. The molecule has 1 fully saturated rings. The highest BCUT2D eigenvalue weighted by Crippen LogP contribution is 2.42. The number of fused-ring (bicyclic) bond motifs is 1. The molecule has 0 atom stereocenters. The van der Waals surface area contributed by atoms with Crippen molar-refractivity contribution >= 4 is 52.7 Å². The number of piperazine rings is 1. The fourth-order valence-corrected chi connectivity index (χ4v) is 8.18. The second kappa shape index (κ2) is 12.7. The number of anilines is 1. The maximum Gasteiger partial charge on any atom is 0.490 e. The van der Waals surface area contributed by atoms with Gasteiger partial charge in [-0.25, -0.2) is 31.8 Å². The number of para-hydroxylation sites is 1. The molecule has 2 aromatic heterocycles. The molecular formula is C22H24F3N9O7S3. The number of halogens is 3. The number of β-amino-alcohol motifs (C(OH)–C–C–N with tert-alkyl or cyclic N) is 1. The number of hydrogen-bond acceptors (Lipinski definition) is 13. The summed E-state index contributed by atoms with van der Waals surface area (Å²) in [6.07, 6.45) is -5.08. The third-order valence-corrected chi connectivity index (χ3v) is 10.2. The van der Waals surface area contributed by atoms with E-state index in [1.807, 2.05) is 11.0 Å². The maximum absolute atomic E-state index is 13.8. The molecule has 16 nitrogen and oxygen atoms in total. The van der Waals surface area contributed by atoms with Crippen molar-refractivity contribution in [1.82, 2.24) is 34.8 Å². The number of aliphatic hydroxyl groups is 1. The van der Waals surface area contributed by atoms with E-state index in [-0.39, 0.29) is 31.1 Å². The zero-order chi connectivity index (χ0) is 32.4. The number of primary sulfonamides is 1. The molecule has 0 aliphatic carbocycles. The van der Waals surface area contributed by atoms with Crippen LogP contribution in [0.4, 0.5) is 18.3 Å². The molecule has 0 unspecified atom stereocenters. The van der Waals surface area contributed by atoms with Crippen LogP contribution in [0.25, 0.3) is 32.7 Å². The predicted octanol–water partition coefficient (Wildman–Crippen LogP) is 0.305. The molecular weight excluding hydrogens is 655 g/mol. The summed E-state index contributed by atoms with van der Waals surface area (Å²) in [4.78, 5) is 14.1. The van der Waals surface area contributed by atoms with Crippen molar-refractivity contribution in [2.45, 2.75) is 16.0 Å². The Morgan fingerprint density at radius 1 is 1.07 bits per heavy atom. The van der Waals surface area contributed by atoms with Gasteiger partial charge in [-0.1, -0.05) is 29.5 Å². The summed E-state index contributed by atoms with van der Waals surface area (Å²) in [5.74, 6) is -2.91. The van der Waals surface area contributed by atoms with E-state index in [2.05, 4.69) is 25.6 Å². The Balaban J connectivity index is 0.000000566. The van der Waals surface area contributed by atoms with Crippen molar-refractivity contribution in [3.63, 3.8) is 0 Å². The van der Waals surface area contributed by atoms with Crippen LogP contribution in [0.15, 0.2) is 40.1 Å². The average Bonchev–Trinajstić information content (AvgIpc) is 3.61. The second-order valence-electron chi connectivity index (χ2n) is 9.07. The Morgan fingerprint density at radius 2 is 1.73 bits per heavy atom. The van der Waals surface area contributed by atoms with Gasteiger partial charge < -0.3 is 15.9 Å². The van der Waals surface area contributed by atoms with Crippen molar-refractivity contribution in [3.8, 4) is 22.5 Å². The van der Waals surface area contributed by atoms with Crippen molar-refractivity contribution in [3.05, 3.63) is 30.3 Å². The second-order valence-corrected chi connectivity index (χ2v) is 13.5. The number of aromatic amines is 1. The molecule has 22 heteroatoms. The highest BCUT2D eigenvalue weighted by molar-refractivity contribution is 7.92. The Hall–Kier alpha value is -3.80. The number of carboxylic acids is 1. The minimum atomic E-state index is -5.08. The van der Waals surface area contributed by atoms with Gasteiger partial charge in [-0.2, -0.15) is 22.7 Å². The molecule has 0 spiro atoms. The molecule has 0 saturated carbocycles. The van der Waals surface area contributed by atoms with E-state index in [1.165, 1.54) is 27.8 Å². The van der Waals surface area contributed by atoms with Gasteiger partial charge >= 0.3 is 12.1 Å². The summed E-state index contributed by atoms with van der Waals surface area (Å²) in [6, 6.07) is 7.99. The number of hydrogen-bond donors (Lipinski definition) is 5. The Morgan fingerprint density at radius 3 is 2.27 bits per heavy atom. The van der Waals surface area contributed by atoms with Crippen molar-refractivity contribution < 1.29 is 45.0 Å². The van der Waals surface area contributed by atoms with Crippen LogP contribution in [-0.2, 0) is 24.8 Å². The monoisotopic (exact) mass is 679 g/mol. The summed E-state index contributed by atoms with van der Waals surface area (Å²) in [5, 5.41) is 36.0. The largest absolute Gasteiger partial charge is 0.490 e. The number of nitrogens with two attached hydrogens (primary N) is 2. The molecule has 238 valence electrons. The first-order chi connectivity index (χ1) is 20.6. The van der Waals surface area contributed by atoms with Crippen LogP contribution in [0.1, 0.15) is 0 Å². The minimum Gasteiger partial charge on any atom is -0.475 e. The lowest BCUT2D eigenvalue weighted by Crippen LogP contribution is -2.49. The van der Waals surface area contributed by atoms with Crippen LogP contribution in [0.3, 0.4) is 0 Å². The van der Waals surface area contributed by atoms with Gasteiger partial charge in [0.1, 0.15) is 9.79 Å². The first kappa shape index (κ1) is 33.1. The lowest BCUT2D eigenvalue weighted by atomic mass is 9.98. The molecule has 3 heterocycles. The van der Waals surface area contributed by atoms with E-state index in [1.54, 1.807) is 12.1 Å². The number of aliphatic hydroxyl groups excluding tert-OH is 1. The van der Waals surface area contributed by atoms with Crippen LogP contribution >= 0.6 is 11.3 Å². The van der Waals surface area contributed by atoms with E-state index in [4.69, 9.17) is 20.8 Å². The third-order valence-electron chi connectivity index (χ3n) is 6.31. The minimum absolute atomic E-state index is 0.0464. The van der Waals surface area contributed by atoms with Crippen LogP contribution < -0.4 is 10.9 Å². The van der Waals surface area contributed by atoms with Crippen molar-refractivity contribution in [2.24, 2.45) is 5.14 Å².